The molecule has 6 nitrogen and oxygen atoms in total. The number of carbonyl (C=O) groups is 1. The van der Waals surface area contributed by atoms with Gasteiger partial charge in [-0.2, -0.15) is 0 Å². The third-order valence-electron chi connectivity index (χ3n) is 2.82. The number of hydrogen-bond acceptors (Lipinski definition) is 7. The van der Waals surface area contributed by atoms with Crippen LogP contribution in [0.25, 0.3) is 10.2 Å². The van der Waals surface area contributed by atoms with Gasteiger partial charge in [-0.05, 0) is 30.5 Å². The Bertz CT molecular complexity index is 659. The fraction of sp³-hybridized carbons (Fsp3) is 0.462. The zero-order valence-electron chi connectivity index (χ0n) is 11.9. The van der Waals surface area contributed by atoms with E-state index in [1.54, 1.807) is 0 Å². The molecule has 0 unspecified atom stereocenters. The molecule has 0 amide bonds. The van der Waals surface area contributed by atoms with Crippen molar-refractivity contribution in [1.82, 2.24) is 9.97 Å². The Balaban J connectivity index is 2.46. The van der Waals surface area contributed by atoms with Crippen LogP contribution in [0.15, 0.2) is 0 Å². The smallest absolute Gasteiger partial charge is 0.348 e. The number of carbonyl (C=O) groups excluding carboxylic acids is 1. The van der Waals surface area contributed by atoms with Gasteiger partial charge in [-0.1, -0.05) is 6.92 Å². The van der Waals surface area contributed by atoms with Crippen LogP contribution in [-0.4, -0.2) is 35.6 Å². The lowest BCUT2D eigenvalue weighted by Crippen LogP contribution is -2.14. The molecule has 2 aromatic rings. The second-order valence-electron chi connectivity index (χ2n) is 4.43. The maximum atomic E-state index is 12.1. The van der Waals surface area contributed by atoms with Crippen molar-refractivity contribution in [2.24, 2.45) is 5.73 Å². The number of thiophene rings is 1. The predicted molar refractivity (Wildman–Crippen MR) is 85.3 cm³/mol. The lowest BCUT2D eigenvalue weighted by Gasteiger charge is -2.06. The van der Waals surface area contributed by atoms with Crippen LogP contribution < -0.4 is 11.1 Å². The van der Waals surface area contributed by atoms with Gasteiger partial charge < -0.3 is 15.8 Å². The molecule has 0 aliphatic carbocycles. The monoisotopic (exact) mass is 328 g/mol. The molecule has 2 aromatic heterocycles. The van der Waals surface area contributed by atoms with E-state index in [1.165, 1.54) is 11.3 Å². The summed E-state index contributed by atoms with van der Waals surface area (Å²) in [5, 5.41) is 4.04. The van der Waals surface area contributed by atoms with E-state index < -0.39 is 0 Å². The Hall–Kier alpha value is -1.44. The summed E-state index contributed by atoms with van der Waals surface area (Å²) >= 11 is 7.19. The molecular formula is C13H17ClN4O2S. The van der Waals surface area contributed by atoms with Crippen LogP contribution in [0.4, 0.5) is 5.82 Å². The second-order valence-corrected chi connectivity index (χ2v) is 5.77. The van der Waals surface area contributed by atoms with Gasteiger partial charge in [0.05, 0.1) is 12.0 Å². The Morgan fingerprint density at radius 3 is 2.90 bits per heavy atom. The number of esters is 1. The molecule has 3 N–H and O–H groups in total. The van der Waals surface area contributed by atoms with Gasteiger partial charge in [0.25, 0.3) is 0 Å². The zero-order valence-corrected chi connectivity index (χ0v) is 13.5. The summed E-state index contributed by atoms with van der Waals surface area (Å²) in [6.45, 7) is 5.24. The van der Waals surface area contributed by atoms with Crippen LogP contribution in [0, 0.1) is 6.92 Å². The summed E-state index contributed by atoms with van der Waals surface area (Å²) in [6.07, 6.45) is 0.782. The van der Waals surface area contributed by atoms with E-state index >= 15 is 0 Å². The molecule has 0 spiro atoms. The van der Waals surface area contributed by atoms with Crippen LogP contribution in [0.5, 0.6) is 0 Å². The Kier molecular flexibility index (Phi) is 5.33. The van der Waals surface area contributed by atoms with E-state index in [0.717, 1.165) is 17.4 Å². The summed E-state index contributed by atoms with van der Waals surface area (Å²) in [5.74, 6) is 0.261. The quantitative estimate of drug-likeness (QED) is 0.625. The lowest BCUT2D eigenvalue weighted by atomic mass is 10.2. The standard InChI is InChI=1S/C13H17ClN4O2S/c1-3-6-20-12(19)9-7(2)8-10(16-5-4-15)17-13(14)18-11(8)21-9/h3-6,15H2,1-2H3,(H,16,17,18). The van der Waals surface area contributed by atoms with Crippen molar-refractivity contribution in [3.8, 4) is 0 Å². The van der Waals surface area contributed by atoms with Gasteiger partial charge in [0, 0.05) is 13.1 Å². The third-order valence-corrected chi connectivity index (χ3v) is 4.16. The van der Waals surface area contributed by atoms with E-state index in [2.05, 4.69) is 15.3 Å². The number of fused-ring (bicyclic) bond motifs is 1. The molecular weight excluding hydrogens is 312 g/mol. The van der Waals surface area contributed by atoms with Crippen molar-refractivity contribution in [3.63, 3.8) is 0 Å². The molecule has 114 valence electrons. The number of nitrogens with one attached hydrogen (secondary N) is 1. The summed E-state index contributed by atoms with van der Waals surface area (Å²) < 4.78 is 5.19. The van der Waals surface area contributed by atoms with Crippen molar-refractivity contribution < 1.29 is 9.53 Å². The highest BCUT2D eigenvalue weighted by Crippen LogP contribution is 2.34. The van der Waals surface area contributed by atoms with Crippen LogP contribution in [0.1, 0.15) is 28.6 Å². The maximum Gasteiger partial charge on any atom is 0.348 e. The number of rotatable bonds is 6. The van der Waals surface area contributed by atoms with Crippen LogP contribution in [0.3, 0.4) is 0 Å². The fourth-order valence-electron chi connectivity index (χ4n) is 1.89. The van der Waals surface area contributed by atoms with Gasteiger partial charge in [0.2, 0.25) is 5.28 Å². The molecule has 0 aliphatic heterocycles. The van der Waals surface area contributed by atoms with E-state index in [4.69, 9.17) is 22.1 Å². The number of nitrogens with two attached hydrogens (primary N) is 1. The highest BCUT2D eigenvalue weighted by molar-refractivity contribution is 7.20. The average Bonchev–Trinajstić information content (AvgIpc) is 2.79. The normalized spacial score (nSPS) is 10.9. The molecule has 2 heterocycles. The van der Waals surface area contributed by atoms with E-state index in [9.17, 15) is 4.79 Å². The number of anilines is 1. The molecule has 0 aromatic carbocycles. The number of nitrogens with zero attached hydrogens (tertiary/aromatic N) is 2. The minimum Gasteiger partial charge on any atom is -0.462 e. The first kappa shape index (κ1) is 15.9. The maximum absolute atomic E-state index is 12.1. The first-order chi connectivity index (χ1) is 10.1. The highest BCUT2D eigenvalue weighted by Gasteiger charge is 2.21. The predicted octanol–water partition coefficient (Wildman–Crippen LogP) is 2.59. The molecule has 21 heavy (non-hydrogen) atoms. The summed E-state index contributed by atoms with van der Waals surface area (Å²) in [7, 11) is 0. The van der Waals surface area contributed by atoms with E-state index in [0.29, 0.717) is 35.2 Å². The Morgan fingerprint density at radius 2 is 2.24 bits per heavy atom. The molecule has 0 saturated carbocycles. The molecule has 8 heteroatoms. The molecule has 2 rings (SSSR count). The van der Waals surface area contributed by atoms with Crippen LogP contribution >= 0.6 is 22.9 Å². The summed E-state index contributed by atoms with van der Waals surface area (Å²) in [5.41, 5.74) is 6.29. The summed E-state index contributed by atoms with van der Waals surface area (Å²) in [6, 6.07) is 0. The SMILES string of the molecule is CCCOC(=O)c1sc2nc(Cl)nc(NCCN)c2c1C. The fourth-order valence-corrected chi connectivity index (χ4v) is 3.18. The number of hydrogen-bond donors (Lipinski definition) is 2. The van der Waals surface area contributed by atoms with Crippen molar-refractivity contribution in [1.29, 1.82) is 0 Å². The topological polar surface area (TPSA) is 90.1 Å². The molecule has 0 bridgehead atoms. The van der Waals surface area contributed by atoms with Gasteiger partial charge in [0.1, 0.15) is 15.5 Å². The van der Waals surface area contributed by atoms with Gasteiger partial charge in [-0.3, -0.25) is 0 Å². The van der Waals surface area contributed by atoms with Gasteiger partial charge in [0.15, 0.2) is 0 Å². The van der Waals surface area contributed by atoms with Crippen molar-refractivity contribution in [2.75, 3.05) is 25.0 Å². The van der Waals surface area contributed by atoms with Crippen LogP contribution in [0.2, 0.25) is 5.28 Å². The average molecular weight is 329 g/mol. The molecule has 0 radical (unpaired) electrons. The van der Waals surface area contributed by atoms with Crippen molar-refractivity contribution >= 4 is 44.9 Å². The second kappa shape index (κ2) is 7.02. The summed E-state index contributed by atoms with van der Waals surface area (Å²) in [4.78, 5) is 21.6. The Labute approximate surface area is 131 Å². The van der Waals surface area contributed by atoms with Crippen LogP contribution in [-0.2, 0) is 4.74 Å². The highest BCUT2D eigenvalue weighted by atomic mass is 35.5. The van der Waals surface area contributed by atoms with Gasteiger partial charge in [-0.25, -0.2) is 14.8 Å². The van der Waals surface area contributed by atoms with E-state index in [1.807, 2.05) is 13.8 Å². The Morgan fingerprint density at radius 1 is 1.48 bits per heavy atom. The van der Waals surface area contributed by atoms with E-state index in [-0.39, 0.29) is 11.3 Å². The molecule has 0 fully saturated rings. The third kappa shape index (κ3) is 3.42. The van der Waals surface area contributed by atoms with Crippen molar-refractivity contribution in [2.45, 2.75) is 20.3 Å². The lowest BCUT2D eigenvalue weighted by molar-refractivity contribution is 0.0510. The molecule has 0 aliphatic rings. The zero-order chi connectivity index (χ0) is 15.4. The first-order valence-electron chi connectivity index (χ1n) is 6.66. The number of ether oxygens (including phenoxy) is 1. The molecule has 0 saturated heterocycles. The number of halogens is 1. The van der Waals surface area contributed by atoms with Gasteiger partial charge in [-0.15, -0.1) is 11.3 Å². The minimum atomic E-state index is -0.335. The molecule has 0 atom stereocenters. The van der Waals surface area contributed by atoms with Crippen molar-refractivity contribution in [3.05, 3.63) is 15.7 Å². The number of aryl methyl sites for hydroxylation is 1. The number of aromatic nitrogens is 2. The largest absolute Gasteiger partial charge is 0.462 e. The minimum absolute atomic E-state index is 0.136. The van der Waals surface area contributed by atoms with Gasteiger partial charge >= 0.3 is 5.97 Å². The first-order valence-corrected chi connectivity index (χ1v) is 7.85.